The molecule has 0 fully saturated rings. The van der Waals surface area contributed by atoms with Gasteiger partial charge in [0.2, 0.25) is 0 Å². The smallest absolute Gasteiger partial charge is 0.255 e. The molecule has 3 aromatic rings. The molecule has 20 heavy (non-hydrogen) atoms. The number of rotatable bonds is 2. The average molecular weight is 265 g/mol. The quantitative estimate of drug-likeness (QED) is 0.748. The SMILES string of the molecule is Cc1ccc2c(O)c(Cc3ccccc3)c(=O)[nH]c2c1. The van der Waals surface area contributed by atoms with Crippen LogP contribution in [0.1, 0.15) is 16.7 Å². The van der Waals surface area contributed by atoms with Gasteiger partial charge < -0.3 is 10.1 Å². The normalized spacial score (nSPS) is 10.8. The topological polar surface area (TPSA) is 53.1 Å². The number of aromatic hydroxyl groups is 1. The van der Waals surface area contributed by atoms with Crippen molar-refractivity contribution in [2.24, 2.45) is 0 Å². The first kappa shape index (κ1) is 12.5. The van der Waals surface area contributed by atoms with E-state index in [1.165, 1.54) is 0 Å². The minimum absolute atomic E-state index is 0.0765. The van der Waals surface area contributed by atoms with E-state index in [2.05, 4.69) is 4.98 Å². The van der Waals surface area contributed by atoms with Crippen molar-refractivity contribution < 1.29 is 5.11 Å². The lowest BCUT2D eigenvalue weighted by Crippen LogP contribution is -2.13. The Hall–Kier alpha value is -2.55. The monoisotopic (exact) mass is 265 g/mol. The largest absolute Gasteiger partial charge is 0.507 e. The number of H-pyrrole nitrogens is 1. The highest BCUT2D eigenvalue weighted by atomic mass is 16.3. The molecule has 0 unspecified atom stereocenters. The number of hydrogen-bond donors (Lipinski definition) is 2. The van der Waals surface area contributed by atoms with Crippen LogP contribution in [0.25, 0.3) is 10.9 Å². The van der Waals surface area contributed by atoms with Crippen LogP contribution in [-0.4, -0.2) is 10.1 Å². The highest BCUT2D eigenvalue weighted by molar-refractivity contribution is 5.86. The van der Waals surface area contributed by atoms with Crippen molar-refractivity contribution in [1.82, 2.24) is 4.98 Å². The van der Waals surface area contributed by atoms with Gasteiger partial charge in [0.1, 0.15) is 5.75 Å². The molecule has 0 bridgehead atoms. The highest BCUT2D eigenvalue weighted by Gasteiger charge is 2.12. The Morgan fingerprint density at radius 1 is 1.10 bits per heavy atom. The Labute approximate surface area is 116 Å². The lowest BCUT2D eigenvalue weighted by Gasteiger charge is -2.08. The number of nitrogens with one attached hydrogen (secondary N) is 1. The fraction of sp³-hybridized carbons (Fsp3) is 0.118. The molecule has 1 aromatic heterocycles. The Kier molecular flexibility index (Phi) is 3.03. The van der Waals surface area contributed by atoms with E-state index in [0.717, 1.165) is 11.1 Å². The van der Waals surface area contributed by atoms with Crippen molar-refractivity contribution in [2.75, 3.05) is 0 Å². The number of aromatic nitrogens is 1. The third kappa shape index (κ3) is 2.18. The summed E-state index contributed by atoms with van der Waals surface area (Å²) < 4.78 is 0. The molecule has 0 aliphatic heterocycles. The molecule has 0 aliphatic carbocycles. The molecular formula is C17H15NO2. The molecular weight excluding hydrogens is 250 g/mol. The van der Waals surface area contributed by atoms with E-state index in [4.69, 9.17) is 0 Å². The van der Waals surface area contributed by atoms with Gasteiger partial charge in [-0.25, -0.2) is 0 Å². The lowest BCUT2D eigenvalue weighted by atomic mass is 10.0. The number of benzene rings is 2. The Morgan fingerprint density at radius 3 is 2.60 bits per heavy atom. The van der Waals surface area contributed by atoms with Gasteiger partial charge in [0.05, 0.1) is 11.1 Å². The molecule has 0 atom stereocenters. The lowest BCUT2D eigenvalue weighted by molar-refractivity contribution is 0.474. The summed E-state index contributed by atoms with van der Waals surface area (Å²) in [5.41, 5.74) is 2.89. The molecule has 0 saturated carbocycles. The molecule has 0 spiro atoms. The third-order valence-electron chi connectivity index (χ3n) is 3.46. The molecule has 0 radical (unpaired) electrons. The molecule has 0 aliphatic rings. The standard InChI is InChI=1S/C17H15NO2/c1-11-7-8-13-15(9-11)18-17(20)14(16(13)19)10-12-5-3-2-4-6-12/h2-9H,10H2,1H3,(H2,18,19,20). The van der Waals surface area contributed by atoms with Crippen molar-refractivity contribution in [3.8, 4) is 5.75 Å². The zero-order chi connectivity index (χ0) is 14.1. The molecule has 3 rings (SSSR count). The molecule has 1 heterocycles. The van der Waals surface area contributed by atoms with E-state index in [-0.39, 0.29) is 11.3 Å². The Bertz CT molecular complexity index is 820. The molecule has 100 valence electrons. The predicted molar refractivity (Wildman–Crippen MR) is 80.2 cm³/mol. The third-order valence-corrected chi connectivity index (χ3v) is 3.46. The van der Waals surface area contributed by atoms with Crippen LogP contribution in [-0.2, 0) is 6.42 Å². The van der Waals surface area contributed by atoms with Gasteiger partial charge in [-0.3, -0.25) is 4.79 Å². The van der Waals surface area contributed by atoms with Gasteiger partial charge in [-0.15, -0.1) is 0 Å². The molecule has 2 N–H and O–H groups in total. The minimum atomic E-state index is -0.232. The number of aromatic amines is 1. The van der Waals surface area contributed by atoms with E-state index >= 15 is 0 Å². The van der Waals surface area contributed by atoms with E-state index in [1.54, 1.807) is 0 Å². The first-order valence-corrected chi connectivity index (χ1v) is 6.53. The van der Waals surface area contributed by atoms with E-state index in [0.29, 0.717) is 22.9 Å². The van der Waals surface area contributed by atoms with Crippen LogP contribution in [0.5, 0.6) is 5.75 Å². The highest BCUT2D eigenvalue weighted by Crippen LogP contribution is 2.26. The number of fused-ring (bicyclic) bond motifs is 1. The molecule has 0 saturated heterocycles. The first-order valence-electron chi connectivity index (χ1n) is 6.53. The van der Waals surface area contributed by atoms with Crippen LogP contribution in [0.2, 0.25) is 0 Å². The second-order valence-electron chi connectivity index (χ2n) is 4.99. The second kappa shape index (κ2) is 4.85. The summed E-state index contributed by atoms with van der Waals surface area (Å²) in [6, 6.07) is 15.3. The Morgan fingerprint density at radius 2 is 1.85 bits per heavy atom. The summed E-state index contributed by atoms with van der Waals surface area (Å²) >= 11 is 0. The summed E-state index contributed by atoms with van der Waals surface area (Å²) in [5.74, 6) is 0.0765. The number of aryl methyl sites for hydroxylation is 1. The number of hydrogen-bond acceptors (Lipinski definition) is 2. The average Bonchev–Trinajstić information content (AvgIpc) is 2.44. The van der Waals surface area contributed by atoms with E-state index < -0.39 is 0 Å². The van der Waals surface area contributed by atoms with E-state index in [9.17, 15) is 9.90 Å². The van der Waals surface area contributed by atoms with Gasteiger partial charge in [-0.05, 0) is 30.2 Å². The molecule has 2 aromatic carbocycles. The van der Waals surface area contributed by atoms with Gasteiger partial charge in [-0.1, -0.05) is 36.4 Å². The summed E-state index contributed by atoms with van der Waals surface area (Å²) in [5, 5.41) is 11.0. The van der Waals surface area contributed by atoms with Crippen LogP contribution >= 0.6 is 0 Å². The fourth-order valence-corrected chi connectivity index (χ4v) is 2.40. The van der Waals surface area contributed by atoms with E-state index in [1.807, 2.05) is 55.5 Å². The molecule has 0 amide bonds. The minimum Gasteiger partial charge on any atom is -0.507 e. The summed E-state index contributed by atoms with van der Waals surface area (Å²) in [4.78, 5) is 15.0. The van der Waals surface area contributed by atoms with Crippen molar-refractivity contribution in [2.45, 2.75) is 13.3 Å². The maximum atomic E-state index is 12.2. The maximum absolute atomic E-state index is 12.2. The van der Waals surface area contributed by atoms with Crippen molar-refractivity contribution in [3.63, 3.8) is 0 Å². The van der Waals surface area contributed by atoms with Crippen LogP contribution < -0.4 is 5.56 Å². The second-order valence-corrected chi connectivity index (χ2v) is 4.99. The van der Waals surface area contributed by atoms with Gasteiger partial charge in [0, 0.05) is 11.8 Å². The summed E-state index contributed by atoms with van der Waals surface area (Å²) in [6.07, 6.45) is 0.422. The van der Waals surface area contributed by atoms with Crippen LogP contribution in [0.3, 0.4) is 0 Å². The van der Waals surface area contributed by atoms with Gasteiger partial charge in [0.25, 0.3) is 5.56 Å². The summed E-state index contributed by atoms with van der Waals surface area (Å²) in [7, 11) is 0. The van der Waals surface area contributed by atoms with Gasteiger partial charge in [0.15, 0.2) is 0 Å². The molecule has 3 heteroatoms. The van der Waals surface area contributed by atoms with Crippen LogP contribution in [0.4, 0.5) is 0 Å². The zero-order valence-corrected chi connectivity index (χ0v) is 11.2. The fourth-order valence-electron chi connectivity index (χ4n) is 2.40. The van der Waals surface area contributed by atoms with Crippen molar-refractivity contribution in [1.29, 1.82) is 0 Å². The Balaban J connectivity index is 2.16. The first-order chi connectivity index (χ1) is 9.65. The summed E-state index contributed by atoms with van der Waals surface area (Å²) in [6.45, 7) is 1.95. The van der Waals surface area contributed by atoms with Gasteiger partial charge in [-0.2, -0.15) is 0 Å². The van der Waals surface area contributed by atoms with Gasteiger partial charge >= 0.3 is 0 Å². The van der Waals surface area contributed by atoms with Crippen LogP contribution in [0.15, 0.2) is 53.3 Å². The van der Waals surface area contributed by atoms with Crippen molar-refractivity contribution >= 4 is 10.9 Å². The predicted octanol–water partition coefficient (Wildman–Crippen LogP) is 3.13. The zero-order valence-electron chi connectivity index (χ0n) is 11.2. The van der Waals surface area contributed by atoms with Crippen molar-refractivity contribution in [3.05, 3.63) is 75.6 Å². The maximum Gasteiger partial charge on any atom is 0.255 e. The van der Waals surface area contributed by atoms with Crippen LogP contribution in [0, 0.1) is 6.92 Å². The number of pyridine rings is 1. The molecule has 3 nitrogen and oxygen atoms in total.